The summed E-state index contributed by atoms with van der Waals surface area (Å²) in [6.07, 6.45) is -9.16. The second-order valence-corrected chi connectivity index (χ2v) is 4.76. The average molecular weight is 371 g/mol. The average Bonchev–Trinajstić information content (AvgIpc) is 2.37. The molecule has 0 N–H and O–H groups in total. The van der Waals surface area contributed by atoms with Gasteiger partial charge in [0.05, 0.1) is 16.8 Å². The van der Waals surface area contributed by atoms with Gasteiger partial charge in [-0.1, -0.05) is 12.1 Å². The molecule has 0 saturated heterocycles. The molecule has 0 radical (unpaired) electrons. The summed E-state index contributed by atoms with van der Waals surface area (Å²) >= 11 is 2.63. The lowest BCUT2D eigenvalue weighted by Gasteiger charge is -2.10. The molecule has 112 valence electrons. The summed E-state index contributed by atoms with van der Waals surface area (Å²) < 4.78 is 74.9. The van der Waals surface area contributed by atoms with E-state index in [1.54, 1.807) is 0 Å². The highest BCUT2D eigenvalue weighted by Gasteiger charge is 2.35. The van der Waals surface area contributed by atoms with E-state index < -0.39 is 28.1 Å². The fourth-order valence-electron chi connectivity index (χ4n) is 1.55. The maximum Gasteiger partial charge on any atom is 0.419 e. The molecule has 2 aromatic rings. The van der Waals surface area contributed by atoms with Gasteiger partial charge in [0.25, 0.3) is 0 Å². The number of aromatic nitrogens is 2. The summed E-state index contributed by atoms with van der Waals surface area (Å²) in [6, 6.07) is 4.35. The number of alkyl halides is 6. The summed E-state index contributed by atoms with van der Waals surface area (Å²) in [5, 5.41) is 6.85. The Labute approximate surface area is 122 Å². The zero-order valence-electron chi connectivity index (χ0n) is 9.93. The largest absolute Gasteiger partial charge is 0.419 e. The lowest BCUT2D eigenvalue weighted by molar-refractivity contribution is -0.139. The molecule has 0 unspecified atom stereocenters. The van der Waals surface area contributed by atoms with E-state index in [2.05, 4.69) is 26.1 Å². The van der Waals surface area contributed by atoms with Crippen molar-refractivity contribution in [3.8, 4) is 11.3 Å². The topological polar surface area (TPSA) is 25.8 Å². The first-order valence-electron chi connectivity index (χ1n) is 5.37. The predicted molar refractivity (Wildman–Crippen MR) is 65.2 cm³/mol. The van der Waals surface area contributed by atoms with Crippen molar-refractivity contribution in [1.29, 1.82) is 0 Å². The molecule has 2 rings (SSSR count). The number of benzene rings is 1. The standard InChI is InChI=1S/C12H5BrF6N2/c13-10-8(12(17,18)19)5-9(20-21-10)6-1-3-7(4-2-6)11(14,15)16/h1-5H. The van der Waals surface area contributed by atoms with Crippen molar-refractivity contribution in [2.24, 2.45) is 0 Å². The van der Waals surface area contributed by atoms with Gasteiger partial charge in [-0.05, 0) is 34.1 Å². The van der Waals surface area contributed by atoms with Crippen molar-refractivity contribution in [2.45, 2.75) is 12.4 Å². The van der Waals surface area contributed by atoms with Gasteiger partial charge in [-0.15, -0.1) is 10.2 Å². The minimum absolute atomic E-state index is 0.105. The Kier molecular flexibility index (Phi) is 3.96. The Balaban J connectivity index is 2.44. The molecule has 2 nitrogen and oxygen atoms in total. The third kappa shape index (κ3) is 3.52. The molecule has 9 heteroatoms. The SMILES string of the molecule is FC(F)(F)c1ccc(-c2cc(C(F)(F)F)c(Br)nn2)cc1. The lowest BCUT2D eigenvalue weighted by atomic mass is 10.1. The lowest BCUT2D eigenvalue weighted by Crippen LogP contribution is -2.08. The van der Waals surface area contributed by atoms with Gasteiger partial charge < -0.3 is 0 Å². The van der Waals surface area contributed by atoms with Crippen LogP contribution in [0.3, 0.4) is 0 Å². The number of hydrogen-bond donors (Lipinski definition) is 0. The van der Waals surface area contributed by atoms with Crippen LogP contribution in [0, 0.1) is 0 Å². The van der Waals surface area contributed by atoms with E-state index >= 15 is 0 Å². The van der Waals surface area contributed by atoms with Crippen LogP contribution in [0.15, 0.2) is 34.9 Å². The molecular weight excluding hydrogens is 366 g/mol. The van der Waals surface area contributed by atoms with Gasteiger partial charge in [0.15, 0.2) is 0 Å². The summed E-state index contributed by atoms with van der Waals surface area (Å²) in [7, 11) is 0. The maximum atomic E-state index is 12.7. The van der Waals surface area contributed by atoms with E-state index in [9.17, 15) is 26.3 Å². The summed E-state index contributed by atoms with van der Waals surface area (Å²) in [6.45, 7) is 0. The van der Waals surface area contributed by atoms with Gasteiger partial charge in [-0.3, -0.25) is 0 Å². The smallest absolute Gasteiger partial charge is 0.166 e. The molecule has 0 saturated carbocycles. The van der Waals surface area contributed by atoms with Gasteiger partial charge in [-0.2, -0.15) is 26.3 Å². The molecule has 1 aromatic heterocycles. The van der Waals surface area contributed by atoms with Crippen molar-refractivity contribution >= 4 is 15.9 Å². The van der Waals surface area contributed by atoms with E-state index in [0.717, 1.165) is 30.3 Å². The number of nitrogens with zero attached hydrogens (tertiary/aromatic N) is 2. The molecule has 0 atom stereocenters. The molecule has 0 spiro atoms. The first-order chi connectivity index (χ1) is 9.59. The third-order valence-electron chi connectivity index (χ3n) is 2.56. The third-order valence-corrected chi connectivity index (χ3v) is 3.15. The first-order valence-corrected chi connectivity index (χ1v) is 6.16. The molecule has 21 heavy (non-hydrogen) atoms. The molecular formula is C12H5BrF6N2. The highest BCUT2D eigenvalue weighted by atomic mass is 79.9. The van der Waals surface area contributed by atoms with Crippen LogP contribution in [0.25, 0.3) is 11.3 Å². The summed E-state index contributed by atoms with van der Waals surface area (Å²) in [5.41, 5.74) is -2.01. The Morgan fingerprint density at radius 3 is 1.86 bits per heavy atom. The molecule has 1 heterocycles. The molecule has 1 aromatic carbocycles. The van der Waals surface area contributed by atoms with Crippen molar-refractivity contribution in [3.63, 3.8) is 0 Å². The molecule has 0 bridgehead atoms. The van der Waals surface area contributed by atoms with Gasteiger partial charge in [-0.25, -0.2) is 0 Å². The van der Waals surface area contributed by atoms with Gasteiger partial charge in [0, 0.05) is 5.56 Å². The van der Waals surface area contributed by atoms with Crippen LogP contribution in [0.4, 0.5) is 26.3 Å². The highest BCUT2D eigenvalue weighted by Crippen LogP contribution is 2.36. The fraction of sp³-hybridized carbons (Fsp3) is 0.167. The van der Waals surface area contributed by atoms with E-state index in [-0.39, 0.29) is 11.3 Å². The fourth-order valence-corrected chi connectivity index (χ4v) is 1.97. The van der Waals surface area contributed by atoms with E-state index in [1.165, 1.54) is 0 Å². The van der Waals surface area contributed by atoms with Crippen LogP contribution < -0.4 is 0 Å². The number of halogens is 7. The van der Waals surface area contributed by atoms with E-state index in [0.29, 0.717) is 0 Å². The van der Waals surface area contributed by atoms with Crippen LogP contribution in [0.5, 0.6) is 0 Å². The normalized spacial score (nSPS) is 12.5. The first kappa shape index (κ1) is 15.7. The zero-order valence-corrected chi connectivity index (χ0v) is 11.5. The number of rotatable bonds is 1. The summed E-state index contributed by atoms with van der Waals surface area (Å²) in [4.78, 5) is 0. The molecule has 0 aliphatic rings. The van der Waals surface area contributed by atoms with Crippen molar-refractivity contribution < 1.29 is 26.3 Å². The number of hydrogen-bond acceptors (Lipinski definition) is 2. The highest BCUT2D eigenvalue weighted by molar-refractivity contribution is 9.10. The Morgan fingerprint density at radius 1 is 0.810 bits per heavy atom. The zero-order chi connectivity index (χ0) is 15.8. The van der Waals surface area contributed by atoms with E-state index in [1.807, 2.05) is 0 Å². The van der Waals surface area contributed by atoms with Gasteiger partial charge >= 0.3 is 12.4 Å². The quantitative estimate of drug-likeness (QED) is 0.664. The van der Waals surface area contributed by atoms with Gasteiger partial charge in [0.1, 0.15) is 4.60 Å². The van der Waals surface area contributed by atoms with Crippen LogP contribution in [-0.4, -0.2) is 10.2 Å². The molecule has 0 aliphatic carbocycles. The maximum absolute atomic E-state index is 12.7. The second kappa shape index (κ2) is 5.28. The van der Waals surface area contributed by atoms with Crippen LogP contribution in [0.2, 0.25) is 0 Å². The molecule has 0 amide bonds. The second-order valence-electron chi connectivity index (χ2n) is 4.01. The predicted octanol–water partition coefficient (Wildman–Crippen LogP) is 4.94. The van der Waals surface area contributed by atoms with E-state index in [4.69, 9.17) is 0 Å². The Hall–Kier alpha value is -1.64. The summed E-state index contributed by atoms with van der Waals surface area (Å²) in [5.74, 6) is 0. The van der Waals surface area contributed by atoms with Crippen LogP contribution in [0.1, 0.15) is 11.1 Å². The minimum atomic E-state index is -4.64. The van der Waals surface area contributed by atoms with Crippen molar-refractivity contribution in [1.82, 2.24) is 10.2 Å². The Bertz CT molecular complexity index is 648. The van der Waals surface area contributed by atoms with Crippen molar-refractivity contribution in [3.05, 3.63) is 46.1 Å². The van der Waals surface area contributed by atoms with Crippen LogP contribution >= 0.6 is 15.9 Å². The molecule has 0 fully saturated rings. The molecule has 0 aliphatic heterocycles. The van der Waals surface area contributed by atoms with Crippen LogP contribution in [-0.2, 0) is 12.4 Å². The van der Waals surface area contributed by atoms with Gasteiger partial charge in [0.2, 0.25) is 0 Å². The monoisotopic (exact) mass is 370 g/mol. The Morgan fingerprint density at radius 2 is 1.38 bits per heavy atom. The van der Waals surface area contributed by atoms with Crippen molar-refractivity contribution in [2.75, 3.05) is 0 Å². The minimum Gasteiger partial charge on any atom is -0.166 e.